The molecule has 0 atom stereocenters. The number of imidazole rings is 1. The van der Waals surface area contributed by atoms with Crippen molar-refractivity contribution in [1.82, 2.24) is 15.0 Å². The molecule has 0 aliphatic heterocycles. The van der Waals surface area contributed by atoms with Gasteiger partial charge in [-0.05, 0) is 19.1 Å². The Hall–Kier alpha value is -1.55. The van der Waals surface area contributed by atoms with Crippen LogP contribution in [-0.4, -0.2) is 21.5 Å². The van der Waals surface area contributed by atoms with Gasteiger partial charge in [0.1, 0.15) is 5.15 Å². The first-order valence-electron chi connectivity index (χ1n) is 5.13. The summed E-state index contributed by atoms with van der Waals surface area (Å²) in [7, 11) is 0. The predicted octanol–water partition coefficient (Wildman–Crippen LogP) is 2.48. The van der Waals surface area contributed by atoms with Crippen molar-refractivity contribution in [3.05, 3.63) is 41.7 Å². The number of halogens is 1. The summed E-state index contributed by atoms with van der Waals surface area (Å²) in [5.74, 6) is 0. The van der Waals surface area contributed by atoms with Gasteiger partial charge in [0.15, 0.2) is 0 Å². The van der Waals surface area contributed by atoms with Crippen LogP contribution in [0.4, 0.5) is 5.69 Å². The molecule has 84 valence electrons. The normalized spacial score (nSPS) is 10.4. The van der Waals surface area contributed by atoms with Crippen molar-refractivity contribution in [1.29, 1.82) is 0 Å². The molecule has 2 aromatic heterocycles. The van der Waals surface area contributed by atoms with Crippen LogP contribution in [0.25, 0.3) is 0 Å². The summed E-state index contributed by atoms with van der Waals surface area (Å²) in [5.41, 5.74) is 2.15. The predicted molar refractivity (Wildman–Crippen MR) is 64.6 cm³/mol. The maximum Gasteiger partial charge on any atom is 0.131 e. The average molecular weight is 237 g/mol. The highest BCUT2D eigenvalue weighted by Crippen LogP contribution is 2.18. The van der Waals surface area contributed by atoms with Crippen molar-refractivity contribution >= 4 is 17.3 Å². The average Bonchev–Trinajstić information content (AvgIpc) is 2.78. The largest absolute Gasteiger partial charge is 0.366 e. The van der Waals surface area contributed by atoms with Crippen molar-refractivity contribution in [3.8, 4) is 0 Å². The monoisotopic (exact) mass is 236 g/mol. The number of hydrogen-bond donors (Lipinski definition) is 1. The lowest BCUT2D eigenvalue weighted by Gasteiger charge is -2.22. The molecule has 0 aliphatic carbocycles. The van der Waals surface area contributed by atoms with E-state index in [2.05, 4.69) is 26.8 Å². The van der Waals surface area contributed by atoms with E-state index in [1.165, 1.54) is 0 Å². The first-order valence-corrected chi connectivity index (χ1v) is 5.51. The molecule has 2 rings (SSSR count). The van der Waals surface area contributed by atoms with Gasteiger partial charge in [-0.2, -0.15) is 0 Å². The molecule has 2 aromatic rings. The van der Waals surface area contributed by atoms with Gasteiger partial charge in [0.25, 0.3) is 0 Å². The number of aromatic nitrogens is 3. The van der Waals surface area contributed by atoms with Crippen LogP contribution in [0.2, 0.25) is 5.15 Å². The Morgan fingerprint density at radius 3 is 3.00 bits per heavy atom. The maximum atomic E-state index is 5.87. The standard InChI is InChI=1S/C11H13ClN4/c1-2-16(7-9-6-13-8-15-9)10-3-4-14-11(12)5-10/h3-6,8H,2,7H2,1H3,(H,13,15). The molecule has 5 heteroatoms. The first kappa shape index (κ1) is 11.0. The number of nitrogens with zero attached hydrogens (tertiary/aromatic N) is 3. The number of rotatable bonds is 4. The van der Waals surface area contributed by atoms with Crippen LogP contribution < -0.4 is 4.90 Å². The minimum Gasteiger partial charge on any atom is -0.366 e. The van der Waals surface area contributed by atoms with E-state index < -0.39 is 0 Å². The van der Waals surface area contributed by atoms with Gasteiger partial charge in [0.2, 0.25) is 0 Å². The highest BCUT2D eigenvalue weighted by molar-refractivity contribution is 6.29. The highest BCUT2D eigenvalue weighted by atomic mass is 35.5. The Balaban J connectivity index is 2.16. The van der Waals surface area contributed by atoms with Crippen LogP contribution in [0.5, 0.6) is 0 Å². The summed E-state index contributed by atoms with van der Waals surface area (Å²) in [6.07, 6.45) is 5.22. The zero-order chi connectivity index (χ0) is 11.4. The maximum absolute atomic E-state index is 5.87. The van der Waals surface area contributed by atoms with Gasteiger partial charge in [-0.25, -0.2) is 9.97 Å². The van der Waals surface area contributed by atoms with E-state index in [0.717, 1.165) is 24.5 Å². The van der Waals surface area contributed by atoms with E-state index in [-0.39, 0.29) is 0 Å². The minimum absolute atomic E-state index is 0.514. The van der Waals surface area contributed by atoms with Crippen LogP contribution in [-0.2, 0) is 6.54 Å². The number of nitrogens with one attached hydrogen (secondary N) is 1. The van der Waals surface area contributed by atoms with Crippen LogP contribution >= 0.6 is 11.6 Å². The zero-order valence-electron chi connectivity index (χ0n) is 9.02. The summed E-state index contributed by atoms with van der Waals surface area (Å²) in [5, 5.41) is 0.514. The third-order valence-corrected chi connectivity index (χ3v) is 2.58. The van der Waals surface area contributed by atoms with Crippen LogP contribution in [0.15, 0.2) is 30.9 Å². The van der Waals surface area contributed by atoms with E-state index in [4.69, 9.17) is 11.6 Å². The van der Waals surface area contributed by atoms with Crippen molar-refractivity contribution in [2.24, 2.45) is 0 Å². The molecule has 2 heterocycles. The second kappa shape index (κ2) is 4.99. The Morgan fingerprint density at radius 2 is 2.38 bits per heavy atom. The van der Waals surface area contributed by atoms with E-state index in [0.29, 0.717) is 5.15 Å². The molecule has 0 unspecified atom stereocenters. The molecule has 0 aromatic carbocycles. The second-order valence-corrected chi connectivity index (χ2v) is 3.82. The molecule has 0 saturated carbocycles. The SMILES string of the molecule is CCN(Cc1cnc[nH]1)c1ccnc(Cl)c1. The van der Waals surface area contributed by atoms with Gasteiger partial charge >= 0.3 is 0 Å². The number of pyridine rings is 1. The Kier molecular flexibility index (Phi) is 3.41. The van der Waals surface area contributed by atoms with Gasteiger partial charge in [-0.3, -0.25) is 0 Å². The fourth-order valence-corrected chi connectivity index (χ4v) is 1.72. The van der Waals surface area contributed by atoms with Crippen LogP contribution in [0, 0.1) is 0 Å². The van der Waals surface area contributed by atoms with E-state index >= 15 is 0 Å². The molecular formula is C11H13ClN4. The number of aromatic amines is 1. The van der Waals surface area contributed by atoms with Gasteiger partial charge in [0, 0.05) is 24.6 Å². The highest BCUT2D eigenvalue weighted by Gasteiger charge is 2.06. The molecule has 0 saturated heterocycles. The summed E-state index contributed by atoms with van der Waals surface area (Å²) in [6.45, 7) is 3.79. The smallest absolute Gasteiger partial charge is 0.131 e. The summed E-state index contributed by atoms with van der Waals surface area (Å²) in [4.78, 5) is 13.3. The quantitative estimate of drug-likeness (QED) is 0.830. The number of H-pyrrole nitrogens is 1. The zero-order valence-corrected chi connectivity index (χ0v) is 9.78. The summed E-state index contributed by atoms with van der Waals surface area (Å²) >= 11 is 5.87. The molecule has 0 spiro atoms. The molecule has 0 bridgehead atoms. The van der Waals surface area contributed by atoms with E-state index in [1.54, 1.807) is 12.5 Å². The van der Waals surface area contributed by atoms with Crippen molar-refractivity contribution in [3.63, 3.8) is 0 Å². The molecule has 4 nitrogen and oxygen atoms in total. The van der Waals surface area contributed by atoms with Crippen molar-refractivity contribution in [2.75, 3.05) is 11.4 Å². The minimum atomic E-state index is 0.514. The third kappa shape index (κ3) is 2.52. The first-order chi connectivity index (χ1) is 7.79. The van der Waals surface area contributed by atoms with Crippen molar-refractivity contribution in [2.45, 2.75) is 13.5 Å². The third-order valence-electron chi connectivity index (χ3n) is 2.37. The van der Waals surface area contributed by atoms with E-state index in [1.807, 2.05) is 18.3 Å². The summed E-state index contributed by atoms with van der Waals surface area (Å²) < 4.78 is 0. The number of hydrogen-bond acceptors (Lipinski definition) is 3. The molecule has 1 N–H and O–H groups in total. The molecule has 0 radical (unpaired) electrons. The summed E-state index contributed by atoms with van der Waals surface area (Å²) in [6, 6.07) is 3.81. The Bertz CT molecular complexity index is 441. The topological polar surface area (TPSA) is 44.8 Å². The fraction of sp³-hybridized carbons (Fsp3) is 0.273. The van der Waals surface area contributed by atoms with E-state index in [9.17, 15) is 0 Å². The van der Waals surface area contributed by atoms with Crippen LogP contribution in [0.1, 0.15) is 12.6 Å². The molecular weight excluding hydrogens is 224 g/mol. The lowest BCUT2D eigenvalue weighted by atomic mass is 10.3. The van der Waals surface area contributed by atoms with Crippen molar-refractivity contribution < 1.29 is 0 Å². The fourth-order valence-electron chi connectivity index (χ4n) is 1.55. The second-order valence-electron chi connectivity index (χ2n) is 3.43. The van der Waals surface area contributed by atoms with Gasteiger partial charge in [-0.15, -0.1) is 0 Å². The van der Waals surface area contributed by atoms with Gasteiger partial charge < -0.3 is 9.88 Å². The Labute approximate surface area is 99.3 Å². The molecule has 0 aliphatic rings. The molecule has 0 fully saturated rings. The number of anilines is 1. The van der Waals surface area contributed by atoms with Gasteiger partial charge in [0.05, 0.1) is 18.6 Å². The van der Waals surface area contributed by atoms with Gasteiger partial charge in [-0.1, -0.05) is 11.6 Å². The lowest BCUT2D eigenvalue weighted by Crippen LogP contribution is -2.22. The molecule has 16 heavy (non-hydrogen) atoms. The Morgan fingerprint density at radius 1 is 1.50 bits per heavy atom. The van der Waals surface area contributed by atoms with Crippen LogP contribution in [0.3, 0.4) is 0 Å². The lowest BCUT2D eigenvalue weighted by molar-refractivity contribution is 0.813. The molecule has 0 amide bonds.